The first-order valence-electron chi connectivity index (χ1n) is 12.7. The molecule has 0 aliphatic rings. The quantitative estimate of drug-likeness (QED) is 0.292. The number of methoxy groups -OCH3 is 1. The minimum Gasteiger partial charge on any atom is -0.497 e. The zero-order chi connectivity index (χ0) is 27.2. The smallest absolute Gasteiger partial charge is 0.415 e. The van der Waals surface area contributed by atoms with Crippen molar-refractivity contribution in [2.75, 3.05) is 33.4 Å². The molecule has 0 bridgehead atoms. The Morgan fingerprint density at radius 2 is 1.61 bits per heavy atom. The number of carboxylic acid groups (broad SMARTS) is 1. The Labute approximate surface area is 223 Å². The second-order valence-corrected chi connectivity index (χ2v) is 8.60. The number of hydrogen-bond donors (Lipinski definition) is 1. The molecule has 0 heterocycles. The molecule has 1 unspecified atom stereocenters. The highest BCUT2D eigenvalue weighted by molar-refractivity contribution is 5.72. The van der Waals surface area contributed by atoms with E-state index in [4.69, 9.17) is 18.9 Å². The minimum absolute atomic E-state index is 0.272. The second kappa shape index (κ2) is 15.3. The Balaban J connectivity index is 1.57. The van der Waals surface area contributed by atoms with E-state index >= 15 is 0 Å². The number of hydrogen-bond acceptors (Lipinski definition) is 6. The van der Waals surface area contributed by atoms with Crippen LogP contribution in [0.1, 0.15) is 24.5 Å². The third kappa shape index (κ3) is 9.44. The summed E-state index contributed by atoms with van der Waals surface area (Å²) in [6.45, 7) is 3.22. The number of benzene rings is 3. The van der Waals surface area contributed by atoms with Crippen LogP contribution < -0.4 is 14.2 Å². The summed E-state index contributed by atoms with van der Waals surface area (Å²) in [5.41, 5.74) is 2.04. The average Bonchev–Trinajstić information content (AvgIpc) is 2.93. The number of carboxylic acids is 1. The highest BCUT2D eigenvalue weighted by Crippen LogP contribution is 2.20. The number of carbonyl (C=O) groups excluding carboxylic acids is 1. The van der Waals surface area contributed by atoms with Crippen LogP contribution in [0.4, 0.5) is 4.79 Å². The highest BCUT2D eigenvalue weighted by atomic mass is 16.6. The van der Waals surface area contributed by atoms with Gasteiger partial charge in [0.15, 0.2) is 6.10 Å². The third-order valence-corrected chi connectivity index (χ3v) is 5.86. The molecule has 202 valence electrons. The molecule has 8 nitrogen and oxygen atoms in total. The van der Waals surface area contributed by atoms with Crippen LogP contribution in [0, 0.1) is 0 Å². The van der Waals surface area contributed by atoms with Gasteiger partial charge in [-0.3, -0.25) is 0 Å². The van der Waals surface area contributed by atoms with Crippen LogP contribution in [0.5, 0.6) is 17.2 Å². The Hall–Kier alpha value is -4.04. The maximum Gasteiger partial charge on any atom is 0.415 e. The van der Waals surface area contributed by atoms with E-state index in [0.717, 1.165) is 18.4 Å². The highest BCUT2D eigenvalue weighted by Gasteiger charge is 2.18. The maximum absolute atomic E-state index is 13.0. The van der Waals surface area contributed by atoms with Crippen molar-refractivity contribution in [1.29, 1.82) is 0 Å². The van der Waals surface area contributed by atoms with Gasteiger partial charge in [-0.05, 0) is 55.2 Å². The molecule has 0 aliphatic carbocycles. The molecule has 1 atom stereocenters. The van der Waals surface area contributed by atoms with E-state index < -0.39 is 18.2 Å². The zero-order valence-corrected chi connectivity index (χ0v) is 21.9. The van der Waals surface area contributed by atoms with Gasteiger partial charge in [-0.15, -0.1) is 0 Å². The molecule has 3 aromatic carbocycles. The lowest BCUT2D eigenvalue weighted by Crippen LogP contribution is -2.37. The number of nitrogens with zero attached hydrogens (tertiary/aromatic N) is 1. The molecule has 0 radical (unpaired) electrons. The van der Waals surface area contributed by atoms with Crippen LogP contribution in [-0.4, -0.2) is 61.6 Å². The molecular weight excluding hydrogens is 486 g/mol. The fourth-order valence-corrected chi connectivity index (χ4v) is 3.87. The Bertz CT molecular complexity index is 1130. The van der Waals surface area contributed by atoms with Crippen molar-refractivity contribution in [3.05, 3.63) is 90.0 Å². The van der Waals surface area contributed by atoms with Gasteiger partial charge in [0.2, 0.25) is 0 Å². The predicted molar refractivity (Wildman–Crippen MR) is 144 cm³/mol. The number of aryl methyl sites for hydroxylation is 1. The van der Waals surface area contributed by atoms with Gasteiger partial charge in [-0.1, -0.05) is 48.5 Å². The number of ether oxygens (including phenoxy) is 4. The number of aliphatic carboxylic acids is 1. The number of amides is 1. The summed E-state index contributed by atoms with van der Waals surface area (Å²) in [4.78, 5) is 26.0. The molecule has 0 saturated heterocycles. The molecule has 1 N–H and O–H groups in total. The standard InChI is InChI=1S/C30H35NO7/c1-3-36-28(29(32)33)21-24-14-16-25(17-15-24)37-20-19-31(18-8-11-23-9-5-4-6-10-23)30(34)38-27-13-7-12-26(22-27)35-2/h4-7,9-10,12-17,22,28H,3,8,11,18-21H2,1-2H3,(H,32,33). The van der Waals surface area contributed by atoms with E-state index in [1.54, 1.807) is 55.3 Å². The topological polar surface area (TPSA) is 94.5 Å². The van der Waals surface area contributed by atoms with Gasteiger partial charge in [-0.2, -0.15) is 0 Å². The fraction of sp³-hybridized carbons (Fsp3) is 0.333. The summed E-state index contributed by atoms with van der Waals surface area (Å²) in [6, 6.07) is 24.3. The molecule has 0 saturated carbocycles. The van der Waals surface area contributed by atoms with Crippen LogP contribution in [0.2, 0.25) is 0 Å². The zero-order valence-electron chi connectivity index (χ0n) is 21.9. The Morgan fingerprint density at radius 3 is 2.29 bits per heavy atom. The summed E-state index contributed by atoms with van der Waals surface area (Å²) in [5, 5.41) is 9.28. The lowest BCUT2D eigenvalue weighted by Gasteiger charge is -2.22. The molecule has 1 amide bonds. The molecule has 38 heavy (non-hydrogen) atoms. The van der Waals surface area contributed by atoms with Crippen molar-refractivity contribution >= 4 is 12.1 Å². The van der Waals surface area contributed by atoms with Crippen LogP contribution in [0.3, 0.4) is 0 Å². The summed E-state index contributed by atoms with van der Waals surface area (Å²) < 4.78 is 22.0. The van der Waals surface area contributed by atoms with Crippen LogP contribution in [0.25, 0.3) is 0 Å². The summed E-state index contributed by atoms with van der Waals surface area (Å²) in [7, 11) is 1.56. The van der Waals surface area contributed by atoms with Crippen molar-refractivity contribution in [3.8, 4) is 17.2 Å². The lowest BCUT2D eigenvalue weighted by molar-refractivity contribution is -0.149. The molecule has 8 heteroatoms. The van der Waals surface area contributed by atoms with Gasteiger partial charge >= 0.3 is 12.1 Å². The largest absolute Gasteiger partial charge is 0.497 e. The molecule has 3 rings (SSSR count). The van der Waals surface area contributed by atoms with E-state index in [1.807, 2.05) is 30.3 Å². The first-order valence-corrected chi connectivity index (χ1v) is 12.7. The first-order chi connectivity index (χ1) is 18.5. The van der Waals surface area contributed by atoms with Gasteiger partial charge in [-0.25, -0.2) is 9.59 Å². The van der Waals surface area contributed by atoms with Crippen molar-refractivity contribution in [3.63, 3.8) is 0 Å². The SMILES string of the molecule is CCOC(Cc1ccc(OCCN(CCCc2ccccc2)C(=O)Oc2cccc(OC)c2)cc1)C(=O)O. The maximum atomic E-state index is 13.0. The Morgan fingerprint density at radius 1 is 0.868 bits per heavy atom. The lowest BCUT2D eigenvalue weighted by atomic mass is 10.1. The predicted octanol–water partition coefficient (Wildman–Crippen LogP) is 5.24. The van der Waals surface area contributed by atoms with E-state index in [1.165, 1.54) is 5.56 Å². The molecule has 0 spiro atoms. The minimum atomic E-state index is -0.986. The monoisotopic (exact) mass is 521 g/mol. The van der Waals surface area contributed by atoms with E-state index in [-0.39, 0.29) is 13.0 Å². The summed E-state index contributed by atoms with van der Waals surface area (Å²) in [6.07, 6.45) is 0.545. The average molecular weight is 522 g/mol. The van der Waals surface area contributed by atoms with E-state index in [9.17, 15) is 14.7 Å². The fourth-order valence-electron chi connectivity index (χ4n) is 3.87. The molecule has 0 aliphatic heterocycles. The molecule has 0 fully saturated rings. The third-order valence-electron chi connectivity index (χ3n) is 5.86. The second-order valence-electron chi connectivity index (χ2n) is 8.60. The van der Waals surface area contributed by atoms with Gasteiger partial charge in [0.25, 0.3) is 0 Å². The van der Waals surface area contributed by atoms with E-state index in [2.05, 4.69) is 12.1 Å². The summed E-state index contributed by atoms with van der Waals surface area (Å²) >= 11 is 0. The molecule has 3 aromatic rings. The van der Waals surface area contributed by atoms with Gasteiger partial charge in [0, 0.05) is 25.6 Å². The van der Waals surface area contributed by atoms with Crippen molar-refractivity contribution < 1.29 is 33.6 Å². The van der Waals surface area contributed by atoms with Crippen LogP contribution in [0.15, 0.2) is 78.9 Å². The van der Waals surface area contributed by atoms with Gasteiger partial charge in [0.1, 0.15) is 23.9 Å². The van der Waals surface area contributed by atoms with Crippen molar-refractivity contribution in [2.45, 2.75) is 32.3 Å². The molecular formula is C30H35NO7. The normalized spacial score (nSPS) is 11.4. The summed E-state index contributed by atoms with van der Waals surface area (Å²) in [5.74, 6) is 0.655. The van der Waals surface area contributed by atoms with Gasteiger partial charge < -0.3 is 29.0 Å². The van der Waals surface area contributed by atoms with Crippen molar-refractivity contribution in [2.24, 2.45) is 0 Å². The van der Waals surface area contributed by atoms with Crippen LogP contribution >= 0.6 is 0 Å². The van der Waals surface area contributed by atoms with Crippen LogP contribution in [-0.2, 0) is 22.4 Å². The number of carbonyl (C=O) groups is 2. The van der Waals surface area contributed by atoms with Gasteiger partial charge in [0.05, 0.1) is 13.7 Å². The first kappa shape index (κ1) is 28.5. The number of rotatable bonds is 15. The Kier molecular flexibility index (Phi) is 11.5. The van der Waals surface area contributed by atoms with E-state index in [0.29, 0.717) is 36.9 Å². The van der Waals surface area contributed by atoms with Crippen molar-refractivity contribution in [1.82, 2.24) is 4.90 Å². The molecule has 0 aromatic heterocycles.